The molecule has 1 heterocycles. The van der Waals surface area contributed by atoms with Gasteiger partial charge < -0.3 is 9.47 Å². The summed E-state index contributed by atoms with van der Waals surface area (Å²) in [5.41, 5.74) is 0. The van der Waals surface area contributed by atoms with Crippen molar-refractivity contribution in [2.45, 2.75) is 9.65 Å². The van der Waals surface area contributed by atoms with Crippen molar-refractivity contribution in [1.29, 1.82) is 0 Å². The Hall–Kier alpha value is 0.840. The molecule has 1 rings (SSSR count). The van der Waals surface area contributed by atoms with Gasteiger partial charge in [0.2, 0.25) is 6.41 Å². The molecule has 0 aromatic rings. The number of hydrogen-bond acceptors (Lipinski definition) is 3. The second kappa shape index (κ2) is 3.49. The van der Waals surface area contributed by atoms with Crippen LogP contribution < -0.4 is 5.32 Å². The van der Waals surface area contributed by atoms with E-state index in [0.29, 0.717) is 13.2 Å². The molecule has 60 valence electrons. The van der Waals surface area contributed by atoms with Crippen molar-refractivity contribution < 1.29 is 9.47 Å². The Morgan fingerprint density at radius 1 is 1.40 bits per heavy atom. The number of hydrogen-bond donors (Lipinski definition) is 1. The average molecular weight is 275 g/mol. The van der Waals surface area contributed by atoms with E-state index in [1.165, 1.54) is 0 Å². The normalized spacial score (nSPS) is 26.7. The minimum absolute atomic E-state index is 0.201. The van der Waals surface area contributed by atoms with Gasteiger partial charge >= 0.3 is 0 Å². The Morgan fingerprint density at radius 2 is 1.90 bits per heavy atom. The summed E-state index contributed by atoms with van der Waals surface area (Å²) in [7, 11) is 1.79. The Balaban J connectivity index is 2.31. The topological polar surface area (TPSA) is 30.5 Å². The molecule has 0 spiro atoms. The molecule has 0 aliphatic carbocycles. The van der Waals surface area contributed by atoms with Gasteiger partial charge in [-0.05, 0) is 7.05 Å². The van der Waals surface area contributed by atoms with Crippen LogP contribution in [0.2, 0.25) is 0 Å². The van der Waals surface area contributed by atoms with Gasteiger partial charge in [0.25, 0.3) is 0 Å². The molecule has 0 aromatic carbocycles. The maximum Gasteiger partial charge on any atom is 0.215 e. The Bertz CT molecular complexity index is 110. The molecule has 1 aliphatic heterocycles. The summed E-state index contributed by atoms with van der Waals surface area (Å²) in [4.78, 5) is 0. The molecule has 10 heavy (non-hydrogen) atoms. The molecule has 3 nitrogen and oxygen atoms in total. The summed E-state index contributed by atoms with van der Waals surface area (Å²) in [6, 6.07) is 0. The predicted molar refractivity (Wildman–Crippen MR) is 45.3 cm³/mol. The first-order valence-electron chi connectivity index (χ1n) is 2.92. The standard InChI is InChI=1S/C5H9Br2NO2/c1-8-4-9-2-5(6,7)3-10-4/h4,8H,2-3H2,1H3. The van der Waals surface area contributed by atoms with Gasteiger partial charge in [-0.1, -0.05) is 31.9 Å². The van der Waals surface area contributed by atoms with E-state index < -0.39 is 0 Å². The highest BCUT2D eigenvalue weighted by Crippen LogP contribution is 2.30. The first kappa shape index (κ1) is 8.93. The molecule has 0 unspecified atom stereocenters. The summed E-state index contributed by atoms with van der Waals surface area (Å²) in [5.74, 6) is 0. The van der Waals surface area contributed by atoms with Crippen molar-refractivity contribution in [1.82, 2.24) is 5.32 Å². The van der Waals surface area contributed by atoms with Crippen LogP contribution in [0.5, 0.6) is 0 Å². The molecule has 1 N–H and O–H groups in total. The van der Waals surface area contributed by atoms with Crippen molar-refractivity contribution in [2.75, 3.05) is 20.3 Å². The van der Waals surface area contributed by atoms with Crippen molar-refractivity contribution in [3.8, 4) is 0 Å². The molecule has 0 bridgehead atoms. The smallest absolute Gasteiger partial charge is 0.215 e. The third-order valence-corrected chi connectivity index (χ3v) is 2.04. The van der Waals surface area contributed by atoms with Gasteiger partial charge in [0.1, 0.15) is 3.23 Å². The van der Waals surface area contributed by atoms with Crippen LogP contribution in [0, 0.1) is 0 Å². The highest BCUT2D eigenvalue weighted by Gasteiger charge is 2.30. The van der Waals surface area contributed by atoms with E-state index in [1.807, 2.05) is 0 Å². The van der Waals surface area contributed by atoms with Gasteiger partial charge in [0.15, 0.2) is 0 Å². The second-order valence-electron chi connectivity index (χ2n) is 2.10. The molecule has 0 saturated carbocycles. The van der Waals surface area contributed by atoms with Crippen molar-refractivity contribution >= 4 is 31.9 Å². The predicted octanol–water partition coefficient (Wildman–Crippen LogP) is 1.02. The molecule has 1 saturated heterocycles. The summed E-state index contributed by atoms with van der Waals surface area (Å²) in [6.45, 7) is 1.19. The number of nitrogens with one attached hydrogen (secondary N) is 1. The Labute approximate surface area is 76.7 Å². The number of ether oxygens (including phenoxy) is 2. The van der Waals surface area contributed by atoms with Crippen LogP contribution in [-0.4, -0.2) is 29.9 Å². The quantitative estimate of drug-likeness (QED) is 0.725. The zero-order chi connectivity index (χ0) is 7.61. The lowest BCUT2D eigenvalue weighted by Crippen LogP contribution is -2.44. The maximum absolute atomic E-state index is 5.22. The van der Waals surface area contributed by atoms with Crippen LogP contribution >= 0.6 is 31.9 Å². The fourth-order valence-electron chi connectivity index (χ4n) is 0.652. The van der Waals surface area contributed by atoms with Crippen molar-refractivity contribution in [2.24, 2.45) is 0 Å². The van der Waals surface area contributed by atoms with Crippen LogP contribution in [0.4, 0.5) is 0 Å². The monoisotopic (exact) mass is 273 g/mol. The second-order valence-corrected chi connectivity index (χ2v) is 6.20. The molecule has 0 amide bonds. The van der Waals surface area contributed by atoms with E-state index >= 15 is 0 Å². The van der Waals surface area contributed by atoms with Gasteiger partial charge in [-0.2, -0.15) is 0 Å². The lowest BCUT2D eigenvalue weighted by Gasteiger charge is -2.31. The fourth-order valence-corrected chi connectivity index (χ4v) is 1.18. The molecule has 1 aliphatic rings. The average Bonchev–Trinajstić information content (AvgIpc) is 1.88. The van der Waals surface area contributed by atoms with E-state index in [2.05, 4.69) is 37.2 Å². The minimum atomic E-state index is -0.261. The largest absolute Gasteiger partial charge is 0.337 e. The van der Waals surface area contributed by atoms with Gasteiger partial charge in [0, 0.05) is 0 Å². The highest BCUT2D eigenvalue weighted by molar-refractivity contribution is 9.25. The highest BCUT2D eigenvalue weighted by atomic mass is 79.9. The molecular formula is C5H9Br2NO2. The van der Waals surface area contributed by atoms with E-state index in [1.54, 1.807) is 7.05 Å². The van der Waals surface area contributed by atoms with Crippen LogP contribution in [0.15, 0.2) is 0 Å². The van der Waals surface area contributed by atoms with E-state index in [0.717, 1.165) is 0 Å². The zero-order valence-corrected chi connectivity index (χ0v) is 8.74. The molecular weight excluding hydrogens is 266 g/mol. The van der Waals surface area contributed by atoms with E-state index in [-0.39, 0.29) is 9.65 Å². The van der Waals surface area contributed by atoms with Gasteiger partial charge in [-0.15, -0.1) is 0 Å². The van der Waals surface area contributed by atoms with Gasteiger partial charge in [0.05, 0.1) is 13.2 Å². The number of rotatable bonds is 1. The summed E-state index contributed by atoms with van der Waals surface area (Å²) >= 11 is 6.78. The molecule has 5 heteroatoms. The van der Waals surface area contributed by atoms with Crippen molar-refractivity contribution in [3.05, 3.63) is 0 Å². The van der Waals surface area contributed by atoms with Gasteiger partial charge in [-0.3, -0.25) is 5.32 Å². The molecule has 0 aromatic heterocycles. The van der Waals surface area contributed by atoms with E-state index in [4.69, 9.17) is 9.47 Å². The molecule has 1 fully saturated rings. The lowest BCUT2D eigenvalue weighted by atomic mass is 10.5. The van der Waals surface area contributed by atoms with Gasteiger partial charge in [-0.25, -0.2) is 0 Å². The van der Waals surface area contributed by atoms with Crippen LogP contribution in [-0.2, 0) is 9.47 Å². The van der Waals surface area contributed by atoms with Crippen LogP contribution in [0.3, 0.4) is 0 Å². The third-order valence-electron chi connectivity index (χ3n) is 1.13. The zero-order valence-electron chi connectivity index (χ0n) is 5.56. The maximum atomic E-state index is 5.22. The van der Waals surface area contributed by atoms with Crippen LogP contribution in [0.25, 0.3) is 0 Å². The first-order chi connectivity index (χ1) is 4.64. The Morgan fingerprint density at radius 3 is 2.30 bits per heavy atom. The van der Waals surface area contributed by atoms with E-state index in [9.17, 15) is 0 Å². The number of halogens is 2. The third kappa shape index (κ3) is 2.47. The summed E-state index contributed by atoms with van der Waals surface area (Å²) < 4.78 is 10.2. The SMILES string of the molecule is CNC1OCC(Br)(Br)CO1. The van der Waals surface area contributed by atoms with Crippen molar-refractivity contribution in [3.63, 3.8) is 0 Å². The summed E-state index contributed by atoms with van der Waals surface area (Å²) in [6.07, 6.45) is -0.261. The fraction of sp³-hybridized carbons (Fsp3) is 1.00. The van der Waals surface area contributed by atoms with Crippen LogP contribution in [0.1, 0.15) is 0 Å². The lowest BCUT2D eigenvalue weighted by molar-refractivity contribution is -0.191. The first-order valence-corrected chi connectivity index (χ1v) is 4.51. The molecule has 0 atom stereocenters. The number of alkyl halides is 2. The Kier molecular flexibility index (Phi) is 3.12. The minimum Gasteiger partial charge on any atom is -0.337 e. The summed E-state index contributed by atoms with van der Waals surface area (Å²) in [5, 5.41) is 2.86. The molecule has 0 radical (unpaired) electrons.